The molecule has 1 atom stereocenters. The molecule has 0 spiro atoms. The van der Waals surface area contributed by atoms with Crippen LogP contribution < -0.4 is 0 Å². The van der Waals surface area contributed by atoms with Crippen LogP contribution >= 0.6 is 7.60 Å². The molecule has 104 valence electrons. The van der Waals surface area contributed by atoms with E-state index in [1.165, 1.54) is 6.42 Å². The summed E-state index contributed by atoms with van der Waals surface area (Å²) in [4.78, 5) is 0. The van der Waals surface area contributed by atoms with Crippen molar-refractivity contribution in [1.82, 2.24) is 0 Å². The molecule has 0 aliphatic rings. The number of rotatable bonds is 11. The topological polar surface area (TPSA) is 35.5 Å². The van der Waals surface area contributed by atoms with Crippen molar-refractivity contribution in [2.45, 2.75) is 65.2 Å². The molecular weight excluding hydrogens is 242 g/mol. The van der Waals surface area contributed by atoms with Gasteiger partial charge in [0.05, 0.1) is 13.2 Å². The largest absolute Gasteiger partial charge is 0.364 e. The Hall–Kier alpha value is 0.0800. The van der Waals surface area contributed by atoms with Gasteiger partial charge in [-0.25, -0.2) is 4.39 Å². The second-order valence-corrected chi connectivity index (χ2v) is 6.17. The predicted molar refractivity (Wildman–Crippen MR) is 69.1 cm³/mol. The Bertz CT molecular complexity index is 214. The summed E-state index contributed by atoms with van der Waals surface area (Å²) in [5.74, 6) is -1.48. The molecule has 5 heteroatoms. The monoisotopic (exact) mass is 268 g/mol. The van der Waals surface area contributed by atoms with Crippen LogP contribution in [0.15, 0.2) is 0 Å². The first-order valence-electron chi connectivity index (χ1n) is 6.63. The van der Waals surface area contributed by atoms with Crippen molar-refractivity contribution in [1.29, 1.82) is 0 Å². The minimum atomic E-state index is -3.53. The highest BCUT2D eigenvalue weighted by molar-refractivity contribution is 7.54. The van der Waals surface area contributed by atoms with Gasteiger partial charge in [-0.2, -0.15) is 0 Å². The number of halogens is 1. The summed E-state index contributed by atoms with van der Waals surface area (Å²) < 4.78 is 35.8. The average molecular weight is 268 g/mol. The van der Waals surface area contributed by atoms with Crippen LogP contribution in [0, 0.1) is 0 Å². The Morgan fingerprint density at radius 2 is 1.53 bits per heavy atom. The molecule has 0 fully saturated rings. The molecule has 0 saturated carbocycles. The third-order valence-corrected chi connectivity index (χ3v) is 4.69. The Morgan fingerprint density at radius 1 is 1.00 bits per heavy atom. The molecule has 17 heavy (non-hydrogen) atoms. The van der Waals surface area contributed by atoms with Crippen LogP contribution in [0.5, 0.6) is 0 Å². The van der Waals surface area contributed by atoms with Crippen molar-refractivity contribution in [3.8, 4) is 0 Å². The molecule has 0 saturated heterocycles. The van der Waals surface area contributed by atoms with Crippen LogP contribution in [0.2, 0.25) is 0 Å². The van der Waals surface area contributed by atoms with E-state index in [4.69, 9.17) is 9.05 Å². The van der Waals surface area contributed by atoms with Crippen LogP contribution in [0.25, 0.3) is 0 Å². The van der Waals surface area contributed by atoms with E-state index in [0.29, 0.717) is 0 Å². The van der Waals surface area contributed by atoms with Gasteiger partial charge in [0.25, 0.3) is 0 Å². The molecule has 0 aliphatic carbocycles. The first-order chi connectivity index (χ1) is 8.10. The van der Waals surface area contributed by atoms with E-state index in [1.54, 1.807) is 13.8 Å². The van der Waals surface area contributed by atoms with Gasteiger partial charge in [-0.15, -0.1) is 0 Å². The summed E-state index contributed by atoms with van der Waals surface area (Å²) in [6, 6.07) is 0. The molecule has 0 amide bonds. The third kappa shape index (κ3) is 7.17. The van der Waals surface area contributed by atoms with Crippen molar-refractivity contribution >= 4 is 7.60 Å². The fourth-order valence-electron chi connectivity index (χ4n) is 1.63. The van der Waals surface area contributed by atoms with Gasteiger partial charge in [0, 0.05) is 0 Å². The quantitative estimate of drug-likeness (QED) is 0.394. The van der Waals surface area contributed by atoms with Crippen LogP contribution in [-0.4, -0.2) is 19.1 Å². The molecule has 0 aromatic carbocycles. The third-order valence-electron chi connectivity index (χ3n) is 2.51. The van der Waals surface area contributed by atoms with Gasteiger partial charge in [-0.1, -0.05) is 32.6 Å². The van der Waals surface area contributed by atoms with E-state index in [-0.39, 0.29) is 19.6 Å². The lowest BCUT2D eigenvalue weighted by Crippen LogP contribution is -2.08. The molecule has 1 unspecified atom stereocenters. The first kappa shape index (κ1) is 17.1. The van der Waals surface area contributed by atoms with Gasteiger partial charge in [-0.05, 0) is 26.7 Å². The molecule has 0 N–H and O–H groups in total. The lowest BCUT2D eigenvalue weighted by molar-refractivity contribution is 0.185. The summed E-state index contributed by atoms with van der Waals surface area (Å²) in [5.41, 5.74) is 0. The summed E-state index contributed by atoms with van der Waals surface area (Å²) in [6.07, 6.45) is 5.43. The molecule has 0 rings (SSSR count). The Balaban J connectivity index is 3.97. The highest BCUT2D eigenvalue weighted by Gasteiger charge is 2.35. The van der Waals surface area contributed by atoms with E-state index in [2.05, 4.69) is 6.92 Å². The number of hydrogen-bond acceptors (Lipinski definition) is 3. The lowest BCUT2D eigenvalue weighted by Gasteiger charge is -2.20. The maximum Gasteiger partial charge on any atom is 0.364 e. The lowest BCUT2D eigenvalue weighted by atomic mass is 10.1. The molecule has 0 heterocycles. The fourth-order valence-corrected chi connectivity index (χ4v) is 3.25. The Labute approximate surface area is 105 Å². The van der Waals surface area contributed by atoms with Crippen molar-refractivity contribution in [3.05, 3.63) is 0 Å². The maximum absolute atomic E-state index is 13.8. The smallest absolute Gasteiger partial charge is 0.307 e. The first-order valence-corrected chi connectivity index (χ1v) is 8.24. The predicted octanol–water partition coefficient (Wildman–Crippen LogP) is 4.91. The van der Waals surface area contributed by atoms with Gasteiger partial charge >= 0.3 is 7.60 Å². The van der Waals surface area contributed by atoms with Gasteiger partial charge in [-0.3, -0.25) is 4.57 Å². The number of alkyl halides is 1. The Kier molecular flexibility index (Phi) is 10.1. The summed E-state index contributed by atoms with van der Waals surface area (Å²) in [7, 11) is -3.53. The van der Waals surface area contributed by atoms with E-state index in [9.17, 15) is 8.96 Å². The molecule has 0 bridgehead atoms. The van der Waals surface area contributed by atoms with Crippen molar-refractivity contribution in [2.75, 3.05) is 13.2 Å². The van der Waals surface area contributed by atoms with Crippen molar-refractivity contribution in [3.63, 3.8) is 0 Å². The number of unbranched alkanes of at least 4 members (excludes halogenated alkanes) is 4. The number of hydrogen-bond donors (Lipinski definition) is 0. The Morgan fingerprint density at radius 3 is 2.00 bits per heavy atom. The minimum absolute atomic E-state index is 0.216. The summed E-state index contributed by atoms with van der Waals surface area (Å²) in [6.45, 7) is 5.96. The van der Waals surface area contributed by atoms with Crippen LogP contribution in [0.4, 0.5) is 4.39 Å². The van der Waals surface area contributed by atoms with E-state index in [0.717, 1.165) is 25.7 Å². The van der Waals surface area contributed by atoms with E-state index < -0.39 is 13.5 Å². The molecule has 0 radical (unpaired) electrons. The minimum Gasteiger partial charge on any atom is -0.307 e. The van der Waals surface area contributed by atoms with Crippen LogP contribution in [-0.2, 0) is 13.6 Å². The molecular formula is C12H26FO3P. The van der Waals surface area contributed by atoms with Gasteiger partial charge in [0.2, 0.25) is 5.91 Å². The standard InChI is InChI=1S/C12H26FO3P/c1-4-7-8-9-10-11-12(13)17(14,15-5-2)16-6-3/h12H,4-11H2,1-3H3. The van der Waals surface area contributed by atoms with Crippen molar-refractivity contribution in [2.24, 2.45) is 0 Å². The fraction of sp³-hybridized carbons (Fsp3) is 1.00. The summed E-state index contributed by atoms with van der Waals surface area (Å²) in [5, 5.41) is 0. The highest BCUT2D eigenvalue weighted by atomic mass is 31.2. The highest BCUT2D eigenvalue weighted by Crippen LogP contribution is 2.55. The average Bonchev–Trinajstić information content (AvgIpc) is 2.29. The van der Waals surface area contributed by atoms with Crippen LogP contribution in [0.1, 0.15) is 59.3 Å². The maximum atomic E-state index is 13.8. The second-order valence-electron chi connectivity index (χ2n) is 4.01. The zero-order chi connectivity index (χ0) is 13.1. The normalized spacial score (nSPS) is 13.9. The molecule has 0 aromatic heterocycles. The molecule has 3 nitrogen and oxygen atoms in total. The van der Waals surface area contributed by atoms with E-state index >= 15 is 0 Å². The molecule has 0 aliphatic heterocycles. The van der Waals surface area contributed by atoms with E-state index in [1.807, 2.05) is 0 Å². The van der Waals surface area contributed by atoms with Gasteiger partial charge in [0.1, 0.15) is 0 Å². The van der Waals surface area contributed by atoms with Crippen LogP contribution in [0.3, 0.4) is 0 Å². The second kappa shape index (κ2) is 10.0. The SMILES string of the molecule is CCCCCCCC(F)P(=O)(OCC)OCC. The van der Waals surface area contributed by atoms with Gasteiger partial charge < -0.3 is 9.05 Å². The zero-order valence-corrected chi connectivity index (χ0v) is 12.2. The zero-order valence-electron chi connectivity index (χ0n) is 11.3. The molecule has 0 aromatic rings. The van der Waals surface area contributed by atoms with Gasteiger partial charge in [0.15, 0.2) is 0 Å². The summed E-state index contributed by atoms with van der Waals surface area (Å²) >= 11 is 0. The van der Waals surface area contributed by atoms with Crippen molar-refractivity contribution < 1.29 is 18.0 Å².